The molecule has 2 aromatic rings. The average Bonchev–Trinajstić information content (AvgIpc) is 2.71. The second-order valence-corrected chi connectivity index (χ2v) is 5.66. The molecule has 0 bridgehead atoms. The fourth-order valence-electron chi connectivity index (χ4n) is 2.44. The smallest absolute Gasteiger partial charge is 0.254 e. The number of carbonyl (C=O) groups excluding carboxylic acids is 1. The predicted molar refractivity (Wildman–Crippen MR) is 123 cm³/mol. The highest BCUT2D eigenvalue weighted by atomic mass is 127. The first-order valence-electron chi connectivity index (χ1n) is 8.90. The Morgan fingerprint density at radius 2 is 1.83 bits per heavy atom. The van der Waals surface area contributed by atoms with E-state index in [-0.39, 0.29) is 29.5 Å². The number of hydrogen-bond donors (Lipinski definition) is 3. The number of anilines is 1. The van der Waals surface area contributed by atoms with Crippen LogP contribution in [0.15, 0.2) is 47.5 Å². The van der Waals surface area contributed by atoms with Crippen LogP contribution in [0.25, 0.3) is 0 Å². The number of methoxy groups -OCH3 is 1. The lowest BCUT2D eigenvalue weighted by Gasteiger charge is -2.15. The Labute approximate surface area is 187 Å². The average molecular weight is 516 g/mol. The van der Waals surface area contributed by atoms with E-state index in [1.165, 1.54) is 12.1 Å². The first-order chi connectivity index (χ1) is 13.6. The predicted octanol–water partition coefficient (Wildman–Crippen LogP) is 3.27. The lowest BCUT2D eigenvalue weighted by atomic mass is 10.2. The number of halogens is 2. The second-order valence-electron chi connectivity index (χ2n) is 5.66. The second kappa shape index (κ2) is 12.8. The Bertz CT molecular complexity index is 833. The van der Waals surface area contributed by atoms with E-state index in [1.807, 2.05) is 19.1 Å². The van der Waals surface area contributed by atoms with Gasteiger partial charge in [0, 0.05) is 31.9 Å². The minimum atomic E-state index is -0.546. The van der Waals surface area contributed by atoms with Crippen LogP contribution in [0, 0.1) is 5.82 Å². The highest BCUT2D eigenvalue weighted by Crippen LogP contribution is 2.30. The van der Waals surface area contributed by atoms with Crippen LogP contribution < -0.4 is 25.4 Å². The number of guanidine groups is 1. The number of nitrogens with one attached hydrogen (secondary N) is 3. The minimum Gasteiger partial charge on any atom is -0.493 e. The van der Waals surface area contributed by atoms with E-state index in [9.17, 15) is 9.18 Å². The summed E-state index contributed by atoms with van der Waals surface area (Å²) in [6.07, 6.45) is 0. The molecule has 3 N–H and O–H groups in total. The fourth-order valence-corrected chi connectivity index (χ4v) is 2.44. The third-order valence-corrected chi connectivity index (χ3v) is 3.77. The third kappa shape index (κ3) is 7.41. The lowest BCUT2D eigenvalue weighted by Crippen LogP contribution is -2.38. The van der Waals surface area contributed by atoms with Gasteiger partial charge in [0.2, 0.25) is 0 Å². The number of rotatable bonds is 8. The van der Waals surface area contributed by atoms with Crippen molar-refractivity contribution in [3.8, 4) is 11.5 Å². The molecule has 2 rings (SSSR count). The summed E-state index contributed by atoms with van der Waals surface area (Å²) >= 11 is 0. The van der Waals surface area contributed by atoms with Gasteiger partial charge in [-0.2, -0.15) is 0 Å². The first-order valence-corrected chi connectivity index (χ1v) is 8.90. The molecule has 0 saturated carbocycles. The van der Waals surface area contributed by atoms with Crippen molar-refractivity contribution >= 4 is 41.5 Å². The molecule has 9 heteroatoms. The molecule has 0 aliphatic carbocycles. The maximum absolute atomic E-state index is 13.6. The first kappa shape index (κ1) is 24.5. The minimum absolute atomic E-state index is 0. The van der Waals surface area contributed by atoms with E-state index in [4.69, 9.17) is 9.47 Å². The molecule has 158 valence electrons. The molecular weight excluding hydrogens is 490 g/mol. The molecule has 0 aliphatic heterocycles. The molecule has 29 heavy (non-hydrogen) atoms. The van der Waals surface area contributed by atoms with Crippen LogP contribution in [0.4, 0.5) is 10.1 Å². The summed E-state index contributed by atoms with van der Waals surface area (Å²) < 4.78 is 24.4. The van der Waals surface area contributed by atoms with Crippen LogP contribution in [0.2, 0.25) is 0 Å². The number of nitrogens with zero attached hydrogens (tertiary/aromatic N) is 1. The van der Waals surface area contributed by atoms with Crippen molar-refractivity contribution in [3.05, 3.63) is 53.8 Å². The molecule has 0 saturated heterocycles. The van der Waals surface area contributed by atoms with Crippen LogP contribution >= 0.6 is 24.0 Å². The topological polar surface area (TPSA) is 84.0 Å². The van der Waals surface area contributed by atoms with Crippen molar-refractivity contribution in [2.75, 3.05) is 39.2 Å². The Kier molecular flexibility index (Phi) is 10.8. The van der Waals surface area contributed by atoms with Gasteiger partial charge in [-0.05, 0) is 31.2 Å². The maximum Gasteiger partial charge on any atom is 0.254 e. The van der Waals surface area contributed by atoms with Crippen molar-refractivity contribution < 1.29 is 18.7 Å². The van der Waals surface area contributed by atoms with Gasteiger partial charge in [-0.3, -0.25) is 9.79 Å². The number of ether oxygens (including phenoxy) is 2. The van der Waals surface area contributed by atoms with Crippen LogP contribution in [0.5, 0.6) is 11.5 Å². The molecule has 0 heterocycles. The van der Waals surface area contributed by atoms with Gasteiger partial charge in [0.15, 0.2) is 17.5 Å². The summed E-state index contributed by atoms with van der Waals surface area (Å²) in [5.41, 5.74) is 0.791. The van der Waals surface area contributed by atoms with Gasteiger partial charge in [-0.1, -0.05) is 12.1 Å². The summed E-state index contributed by atoms with van der Waals surface area (Å²) in [4.78, 5) is 16.1. The van der Waals surface area contributed by atoms with E-state index in [0.29, 0.717) is 37.2 Å². The van der Waals surface area contributed by atoms with Gasteiger partial charge < -0.3 is 25.4 Å². The summed E-state index contributed by atoms with van der Waals surface area (Å²) in [5.74, 6) is 0.788. The van der Waals surface area contributed by atoms with E-state index in [2.05, 4.69) is 20.9 Å². The lowest BCUT2D eigenvalue weighted by molar-refractivity contribution is 0.0950. The van der Waals surface area contributed by atoms with Crippen molar-refractivity contribution in [2.24, 2.45) is 4.99 Å². The number of aliphatic imine (C=N–C) groups is 1. The Morgan fingerprint density at radius 1 is 1.10 bits per heavy atom. The summed E-state index contributed by atoms with van der Waals surface area (Å²) in [6.45, 7) is 3.14. The molecule has 0 radical (unpaired) electrons. The number of carbonyl (C=O) groups is 1. The van der Waals surface area contributed by atoms with Crippen LogP contribution in [0.3, 0.4) is 0 Å². The van der Waals surface area contributed by atoms with Gasteiger partial charge in [0.1, 0.15) is 5.82 Å². The third-order valence-electron chi connectivity index (χ3n) is 3.77. The van der Waals surface area contributed by atoms with Crippen LogP contribution in [-0.4, -0.2) is 45.7 Å². The van der Waals surface area contributed by atoms with Crippen LogP contribution in [-0.2, 0) is 0 Å². The number of benzene rings is 2. The summed E-state index contributed by atoms with van der Waals surface area (Å²) in [6, 6.07) is 11.3. The van der Waals surface area contributed by atoms with Crippen molar-refractivity contribution in [1.29, 1.82) is 0 Å². The maximum atomic E-state index is 13.6. The highest BCUT2D eigenvalue weighted by Gasteiger charge is 2.10. The van der Waals surface area contributed by atoms with E-state index < -0.39 is 11.7 Å². The molecule has 0 unspecified atom stereocenters. The summed E-state index contributed by atoms with van der Waals surface area (Å²) in [5, 5.41) is 8.88. The Balaban J connectivity index is 0.00000420. The fraction of sp³-hybridized carbons (Fsp3) is 0.300. The molecule has 7 nitrogen and oxygen atoms in total. The van der Waals surface area contributed by atoms with Crippen LogP contribution in [0.1, 0.15) is 17.3 Å². The highest BCUT2D eigenvalue weighted by molar-refractivity contribution is 14.0. The van der Waals surface area contributed by atoms with Gasteiger partial charge in [-0.25, -0.2) is 4.39 Å². The largest absolute Gasteiger partial charge is 0.493 e. The van der Waals surface area contributed by atoms with Gasteiger partial charge >= 0.3 is 0 Å². The van der Waals surface area contributed by atoms with E-state index >= 15 is 0 Å². The zero-order chi connectivity index (χ0) is 20.4. The molecule has 0 atom stereocenters. The van der Waals surface area contributed by atoms with E-state index in [1.54, 1.807) is 32.4 Å². The molecule has 0 spiro atoms. The van der Waals surface area contributed by atoms with E-state index in [0.717, 1.165) is 5.69 Å². The SMILES string of the molecule is CCOc1cc(NC(=NC)NCCNC(=O)c2ccccc2F)ccc1OC.I. The van der Waals surface area contributed by atoms with Crippen molar-refractivity contribution in [1.82, 2.24) is 10.6 Å². The summed E-state index contributed by atoms with van der Waals surface area (Å²) in [7, 11) is 3.22. The molecule has 0 fully saturated rings. The molecule has 0 aliphatic rings. The van der Waals surface area contributed by atoms with Crippen molar-refractivity contribution in [3.63, 3.8) is 0 Å². The normalized spacial score (nSPS) is 10.6. The standard InChI is InChI=1S/C20H25FN4O3.HI/c1-4-28-18-13-14(9-10-17(18)27-3)25-20(22-2)24-12-11-23-19(26)15-7-5-6-8-16(15)21;/h5-10,13H,4,11-12H2,1-3H3,(H,23,26)(H2,22,24,25);1H. The molecule has 0 aromatic heterocycles. The zero-order valence-corrected chi connectivity index (χ0v) is 19.0. The quantitative estimate of drug-likeness (QED) is 0.217. The van der Waals surface area contributed by atoms with Crippen molar-refractivity contribution in [2.45, 2.75) is 6.92 Å². The number of amides is 1. The zero-order valence-electron chi connectivity index (χ0n) is 16.6. The molecular formula is C20H26FIN4O3. The van der Waals surface area contributed by atoms with Gasteiger partial charge in [0.05, 0.1) is 19.3 Å². The Morgan fingerprint density at radius 3 is 2.48 bits per heavy atom. The molecule has 1 amide bonds. The van der Waals surface area contributed by atoms with Gasteiger partial charge in [0.25, 0.3) is 5.91 Å². The number of hydrogen-bond acceptors (Lipinski definition) is 4. The monoisotopic (exact) mass is 516 g/mol. The van der Waals surface area contributed by atoms with Gasteiger partial charge in [-0.15, -0.1) is 24.0 Å². The Hall–Kier alpha value is -2.56. The molecule has 2 aromatic carbocycles.